The van der Waals surface area contributed by atoms with Gasteiger partial charge in [0.05, 0.1) is 20.3 Å². The van der Waals surface area contributed by atoms with Gasteiger partial charge < -0.3 is 14.6 Å². The van der Waals surface area contributed by atoms with Gasteiger partial charge in [-0.15, -0.1) is 0 Å². The van der Waals surface area contributed by atoms with E-state index in [0.717, 1.165) is 23.5 Å². The van der Waals surface area contributed by atoms with Crippen LogP contribution in [0.15, 0.2) is 18.2 Å². The fraction of sp³-hybridized carbons (Fsp3) is 0.538. The van der Waals surface area contributed by atoms with E-state index in [2.05, 4.69) is 6.92 Å². The summed E-state index contributed by atoms with van der Waals surface area (Å²) in [5.74, 6) is 1.85. The summed E-state index contributed by atoms with van der Waals surface area (Å²) < 4.78 is 10.4. The second-order valence-corrected chi connectivity index (χ2v) is 4.13. The number of aliphatic hydroxyl groups is 1. The zero-order valence-corrected chi connectivity index (χ0v) is 10.4. The molecule has 0 aliphatic rings. The topological polar surface area (TPSA) is 38.7 Å². The standard InChI is InChI=1S/C13H20O3/c1-9(5-10(2)14)11-6-12(15-3)8-13(7-11)16-4/h6-10,14H,5H2,1-4H3. The second kappa shape index (κ2) is 5.75. The average Bonchev–Trinajstić information content (AvgIpc) is 2.27. The van der Waals surface area contributed by atoms with Crippen molar-refractivity contribution in [2.24, 2.45) is 0 Å². The Labute approximate surface area is 97.0 Å². The summed E-state index contributed by atoms with van der Waals surface area (Å²) in [6, 6.07) is 5.81. The van der Waals surface area contributed by atoms with Crippen molar-refractivity contribution in [1.82, 2.24) is 0 Å². The van der Waals surface area contributed by atoms with Gasteiger partial charge in [0.2, 0.25) is 0 Å². The van der Waals surface area contributed by atoms with Crippen LogP contribution in [0, 0.1) is 0 Å². The molecule has 2 unspecified atom stereocenters. The van der Waals surface area contributed by atoms with Gasteiger partial charge in [-0.2, -0.15) is 0 Å². The maximum Gasteiger partial charge on any atom is 0.122 e. The van der Waals surface area contributed by atoms with Crippen LogP contribution in [0.4, 0.5) is 0 Å². The molecule has 1 N–H and O–H groups in total. The van der Waals surface area contributed by atoms with Crippen LogP contribution in [0.2, 0.25) is 0 Å². The van der Waals surface area contributed by atoms with Gasteiger partial charge >= 0.3 is 0 Å². The number of benzene rings is 1. The number of methoxy groups -OCH3 is 2. The Morgan fingerprint density at radius 3 is 1.94 bits per heavy atom. The van der Waals surface area contributed by atoms with Crippen molar-refractivity contribution >= 4 is 0 Å². The Hall–Kier alpha value is -1.22. The minimum absolute atomic E-state index is 0.281. The third-order valence-corrected chi connectivity index (χ3v) is 2.64. The summed E-state index contributed by atoms with van der Waals surface area (Å²) in [5, 5.41) is 9.37. The zero-order valence-electron chi connectivity index (χ0n) is 10.4. The largest absolute Gasteiger partial charge is 0.497 e. The molecule has 0 amide bonds. The second-order valence-electron chi connectivity index (χ2n) is 4.13. The fourth-order valence-corrected chi connectivity index (χ4v) is 1.76. The summed E-state index contributed by atoms with van der Waals surface area (Å²) in [4.78, 5) is 0. The van der Waals surface area contributed by atoms with Gasteiger partial charge in [0.1, 0.15) is 11.5 Å². The summed E-state index contributed by atoms with van der Waals surface area (Å²) in [6.07, 6.45) is 0.434. The highest BCUT2D eigenvalue weighted by Gasteiger charge is 2.11. The number of rotatable bonds is 5. The molecule has 0 aliphatic heterocycles. The Balaban J connectivity index is 2.93. The Kier molecular flexibility index (Phi) is 4.62. The molecule has 2 atom stereocenters. The molecular weight excluding hydrogens is 204 g/mol. The molecule has 3 nitrogen and oxygen atoms in total. The van der Waals surface area contributed by atoms with E-state index < -0.39 is 0 Å². The molecule has 0 aliphatic carbocycles. The van der Waals surface area contributed by atoms with Crippen molar-refractivity contribution in [2.75, 3.05) is 14.2 Å². The van der Waals surface area contributed by atoms with Gasteiger partial charge in [0, 0.05) is 6.07 Å². The van der Waals surface area contributed by atoms with Crippen molar-refractivity contribution in [3.8, 4) is 11.5 Å². The molecule has 0 saturated carbocycles. The summed E-state index contributed by atoms with van der Waals surface area (Å²) in [7, 11) is 3.27. The van der Waals surface area contributed by atoms with Gasteiger partial charge in [-0.1, -0.05) is 6.92 Å². The predicted molar refractivity (Wildman–Crippen MR) is 64.3 cm³/mol. The highest BCUT2D eigenvalue weighted by atomic mass is 16.5. The summed E-state index contributed by atoms with van der Waals surface area (Å²) in [5.41, 5.74) is 1.12. The molecule has 1 aromatic rings. The van der Waals surface area contributed by atoms with Crippen LogP contribution in [0.5, 0.6) is 11.5 Å². The SMILES string of the molecule is COc1cc(OC)cc(C(C)CC(C)O)c1. The van der Waals surface area contributed by atoms with Crippen LogP contribution in [0.3, 0.4) is 0 Å². The number of hydrogen-bond acceptors (Lipinski definition) is 3. The van der Waals surface area contributed by atoms with Crippen LogP contribution in [0.1, 0.15) is 31.7 Å². The van der Waals surface area contributed by atoms with Crippen LogP contribution >= 0.6 is 0 Å². The van der Waals surface area contributed by atoms with E-state index in [9.17, 15) is 5.11 Å². The molecule has 0 radical (unpaired) electrons. The number of ether oxygens (including phenoxy) is 2. The Morgan fingerprint density at radius 2 is 1.56 bits per heavy atom. The Morgan fingerprint density at radius 1 is 1.06 bits per heavy atom. The van der Waals surface area contributed by atoms with Crippen molar-refractivity contribution in [1.29, 1.82) is 0 Å². The van der Waals surface area contributed by atoms with Crippen LogP contribution in [-0.2, 0) is 0 Å². The maximum absolute atomic E-state index is 9.37. The molecule has 3 heteroatoms. The minimum atomic E-state index is -0.299. The molecule has 0 heterocycles. The van der Waals surface area contributed by atoms with Crippen molar-refractivity contribution in [3.05, 3.63) is 23.8 Å². The van der Waals surface area contributed by atoms with E-state index in [1.165, 1.54) is 0 Å². The van der Waals surface area contributed by atoms with Gasteiger partial charge in [0.15, 0.2) is 0 Å². The minimum Gasteiger partial charge on any atom is -0.497 e. The smallest absolute Gasteiger partial charge is 0.122 e. The van der Waals surface area contributed by atoms with Gasteiger partial charge in [-0.3, -0.25) is 0 Å². The molecule has 0 spiro atoms. The van der Waals surface area contributed by atoms with E-state index >= 15 is 0 Å². The average molecular weight is 224 g/mol. The summed E-state index contributed by atoms with van der Waals surface area (Å²) in [6.45, 7) is 3.88. The van der Waals surface area contributed by atoms with E-state index in [1.807, 2.05) is 18.2 Å². The van der Waals surface area contributed by atoms with E-state index in [4.69, 9.17) is 9.47 Å². The monoisotopic (exact) mass is 224 g/mol. The van der Waals surface area contributed by atoms with E-state index in [0.29, 0.717) is 0 Å². The third kappa shape index (κ3) is 3.42. The highest BCUT2D eigenvalue weighted by Crippen LogP contribution is 2.29. The molecule has 1 aromatic carbocycles. The first-order valence-electron chi connectivity index (χ1n) is 5.47. The molecule has 0 aromatic heterocycles. The number of hydrogen-bond donors (Lipinski definition) is 1. The van der Waals surface area contributed by atoms with E-state index in [1.54, 1.807) is 21.1 Å². The molecular formula is C13H20O3. The Bertz CT molecular complexity index is 312. The molecule has 0 bridgehead atoms. The molecule has 16 heavy (non-hydrogen) atoms. The lowest BCUT2D eigenvalue weighted by Crippen LogP contribution is -2.06. The van der Waals surface area contributed by atoms with Crippen molar-refractivity contribution in [2.45, 2.75) is 32.3 Å². The first kappa shape index (κ1) is 12.8. The fourth-order valence-electron chi connectivity index (χ4n) is 1.76. The van der Waals surface area contributed by atoms with Gasteiger partial charge in [-0.05, 0) is 37.0 Å². The molecule has 90 valence electrons. The summed E-state index contributed by atoms with van der Waals surface area (Å²) >= 11 is 0. The third-order valence-electron chi connectivity index (χ3n) is 2.64. The lowest BCUT2D eigenvalue weighted by molar-refractivity contribution is 0.176. The van der Waals surface area contributed by atoms with Gasteiger partial charge in [0.25, 0.3) is 0 Å². The first-order chi connectivity index (χ1) is 7.56. The predicted octanol–water partition coefficient (Wildman–Crippen LogP) is 2.58. The van der Waals surface area contributed by atoms with Crippen LogP contribution in [-0.4, -0.2) is 25.4 Å². The molecule has 1 rings (SSSR count). The molecule has 0 saturated heterocycles. The maximum atomic E-state index is 9.37. The van der Waals surface area contributed by atoms with Crippen LogP contribution < -0.4 is 9.47 Å². The lowest BCUT2D eigenvalue weighted by Gasteiger charge is -2.16. The highest BCUT2D eigenvalue weighted by molar-refractivity contribution is 5.39. The molecule has 0 fully saturated rings. The quantitative estimate of drug-likeness (QED) is 0.835. The van der Waals surface area contributed by atoms with Crippen molar-refractivity contribution in [3.63, 3.8) is 0 Å². The van der Waals surface area contributed by atoms with E-state index in [-0.39, 0.29) is 12.0 Å². The van der Waals surface area contributed by atoms with Gasteiger partial charge in [-0.25, -0.2) is 0 Å². The van der Waals surface area contributed by atoms with Crippen LogP contribution in [0.25, 0.3) is 0 Å². The lowest BCUT2D eigenvalue weighted by atomic mass is 9.95. The first-order valence-corrected chi connectivity index (χ1v) is 5.47. The zero-order chi connectivity index (χ0) is 12.1. The number of aliphatic hydroxyl groups excluding tert-OH is 1. The van der Waals surface area contributed by atoms with Crippen molar-refractivity contribution < 1.29 is 14.6 Å². The normalized spacial score (nSPS) is 14.3.